The average Bonchev–Trinajstić information content (AvgIpc) is 3.21. The highest BCUT2D eigenvalue weighted by Crippen LogP contribution is 2.21. The van der Waals surface area contributed by atoms with Crippen LogP contribution in [0, 0.1) is 0 Å². The number of carbonyl (C=O) groups is 2. The van der Waals surface area contributed by atoms with Gasteiger partial charge in [0.1, 0.15) is 5.75 Å². The molecule has 0 N–H and O–H groups in total. The number of piperazine rings is 1. The molecule has 1 fully saturated rings. The molecule has 0 atom stereocenters. The summed E-state index contributed by atoms with van der Waals surface area (Å²) in [4.78, 5) is 29.1. The van der Waals surface area contributed by atoms with E-state index >= 15 is 0 Å². The number of rotatable bonds is 5. The molecular formula is C23H30N4O3. The van der Waals surface area contributed by atoms with Crippen molar-refractivity contribution >= 4 is 11.8 Å². The minimum Gasteiger partial charge on any atom is -0.484 e. The number of benzene rings is 1. The minimum absolute atomic E-state index is 0.0197. The van der Waals surface area contributed by atoms with Gasteiger partial charge in [-0.25, -0.2) is 0 Å². The van der Waals surface area contributed by atoms with Gasteiger partial charge in [0.05, 0.1) is 17.5 Å². The third-order valence-corrected chi connectivity index (χ3v) is 6.04. The zero-order valence-electron chi connectivity index (χ0n) is 17.8. The Hall–Kier alpha value is -2.83. The highest BCUT2D eigenvalue weighted by Gasteiger charge is 2.28. The van der Waals surface area contributed by atoms with E-state index in [1.54, 1.807) is 11.1 Å². The van der Waals surface area contributed by atoms with Crippen LogP contribution >= 0.6 is 0 Å². The first-order valence-corrected chi connectivity index (χ1v) is 10.9. The molecule has 7 nitrogen and oxygen atoms in total. The lowest BCUT2D eigenvalue weighted by molar-refractivity contribution is -0.134. The van der Waals surface area contributed by atoms with E-state index in [0.717, 1.165) is 37.1 Å². The number of aromatic nitrogens is 2. The first-order valence-electron chi connectivity index (χ1n) is 10.9. The molecule has 1 aromatic carbocycles. The van der Waals surface area contributed by atoms with E-state index in [1.165, 1.54) is 5.56 Å². The van der Waals surface area contributed by atoms with E-state index in [0.29, 0.717) is 37.8 Å². The Morgan fingerprint density at radius 2 is 1.70 bits per heavy atom. The van der Waals surface area contributed by atoms with E-state index in [2.05, 4.69) is 18.9 Å². The molecule has 30 heavy (non-hydrogen) atoms. The van der Waals surface area contributed by atoms with Gasteiger partial charge in [-0.2, -0.15) is 5.10 Å². The number of aryl methyl sites for hydroxylation is 1. The molecule has 0 saturated carbocycles. The second kappa shape index (κ2) is 8.90. The molecule has 0 unspecified atom stereocenters. The van der Waals surface area contributed by atoms with Gasteiger partial charge in [-0.3, -0.25) is 14.3 Å². The number of hydrogen-bond donors (Lipinski definition) is 0. The standard InChI is InChI=1S/C23H30N4O3/c1-17(2)18-6-8-19(9-7-18)30-16-22(28)25-11-13-26(14-12-25)23(29)20-15-24-27-10-4-3-5-21(20)27/h6-9,15,17H,3-5,10-14,16H2,1-2H3. The minimum atomic E-state index is -0.0436. The summed E-state index contributed by atoms with van der Waals surface area (Å²) in [6, 6.07) is 7.88. The fourth-order valence-corrected chi connectivity index (χ4v) is 4.11. The fraction of sp³-hybridized carbons (Fsp3) is 0.522. The number of fused-ring (bicyclic) bond motifs is 1. The maximum absolute atomic E-state index is 12.9. The van der Waals surface area contributed by atoms with Crippen LogP contribution in [0.2, 0.25) is 0 Å². The monoisotopic (exact) mass is 410 g/mol. The Kier molecular flexibility index (Phi) is 6.06. The molecule has 1 saturated heterocycles. The molecule has 0 spiro atoms. The molecule has 3 heterocycles. The molecule has 0 aliphatic carbocycles. The summed E-state index contributed by atoms with van der Waals surface area (Å²) in [5, 5.41) is 4.37. The van der Waals surface area contributed by atoms with Crippen molar-refractivity contribution in [2.24, 2.45) is 0 Å². The summed E-state index contributed by atoms with van der Waals surface area (Å²) >= 11 is 0. The highest BCUT2D eigenvalue weighted by atomic mass is 16.5. The second-order valence-electron chi connectivity index (χ2n) is 8.37. The summed E-state index contributed by atoms with van der Waals surface area (Å²) in [6.07, 6.45) is 4.84. The van der Waals surface area contributed by atoms with Gasteiger partial charge >= 0.3 is 0 Å². The van der Waals surface area contributed by atoms with Crippen molar-refractivity contribution < 1.29 is 14.3 Å². The maximum atomic E-state index is 12.9. The van der Waals surface area contributed by atoms with Crippen LogP contribution < -0.4 is 4.74 Å². The maximum Gasteiger partial charge on any atom is 0.260 e. The number of nitrogens with zero attached hydrogens (tertiary/aromatic N) is 4. The van der Waals surface area contributed by atoms with Gasteiger partial charge in [0.15, 0.2) is 6.61 Å². The summed E-state index contributed by atoms with van der Waals surface area (Å²) < 4.78 is 7.63. The smallest absolute Gasteiger partial charge is 0.260 e. The van der Waals surface area contributed by atoms with Crippen LogP contribution in [-0.2, 0) is 17.8 Å². The SMILES string of the molecule is CC(C)c1ccc(OCC(=O)N2CCN(C(=O)c3cnn4c3CCCC4)CC2)cc1. The van der Waals surface area contributed by atoms with Crippen molar-refractivity contribution in [3.8, 4) is 5.75 Å². The molecule has 0 bridgehead atoms. The molecule has 7 heteroatoms. The Balaban J connectivity index is 1.27. The number of hydrogen-bond acceptors (Lipinski definition) is 4. The summed E-state index contributed by atoms with van der Waals surface area (Å²) in [7, 11) is 0. The van der Waals surface area contributed by atoms with Crippen molar-refractivity contribution in [2.45, 2.75) is 45.6 Å². The quantitative estimate of drug-likeness (QED) is 0.760. The molecule has 1 aromatic heterocycles. The van der Waals surface area contributed by atoms with Gasteiger partial charge in [-0.05, 0) is 42.9 Å². The van der Waals surface area contributed by atoms with E-state index in [4.69, 9.17) is 4.74 Å². The molecule has 0 radical (unpaired) electrons. The van der Waals surface area contributed by atoms with E-state index in [-0.39, 0.29) is 18.4 Å². The highest BCUT2D eigenvalue weighted by molar-refractivity contribution is 5.95. The Labute approximate surface area is 177 Å². The summed E-state index contributed by atoms with van der Waals surface area (Å²) in [5.74, 6) is 1.16. The lowest BCUT2D eigenvalue weighted by Crippen LogP contribution is -2.51. The van der Waals surface area contributed by atoms with Gasteiger partial charge in [0.25, 0.3) is 11.8 Å². The third-order valence-electron chi connectivity index (χ3n) is 6.04. The van der Waals surface area contributed by atoms with E-state index < -0.39 is 0 Å². The molecule has 2 aliphatic rings. The molecular weight excluding hydrogens is 380 g/mol. The third kappa shape index (κ3) is 4.35. The first-order chi connectivity index (χ1) is 14.5. The number of ether oxygens (including phenoxy) is 1. The predicted molar refractivity (Wildman–Crippen MR) is 114 cm³/mol. The van der Waals surface area contributed by atoms with Crippen molar-refractivity contribution in [2.75, 3.05) is 32.8 Å². The van der Waals surface area contributed by atoms with Crippen LogP contribution in [0.1, 0.15) is 54.2 Å². The zero-order valence-corrected chi connectivity index (χ0v) is 17.8. The topological polar surface area (TPSA) is 67.7 Å². The van der Waals surface area contributed by atoms with Crippen LogP contribution in [0.3, 0.4) is 0 Å². The van der Waals surface area contributed by atoms with E-state index in [1.807, 2.05) is 33.8 Å². The van der Waals surface area contributed by atoms with Crippen LogP contribution in [0.15, 0.2) is 30.5 Å². The van der Waals surface area contributed by atoms with Crippen molar-refractivity contribution in [3.05, 3.63) is 47.3 Å². The van der Waals surface area contributed by atoms with Crippen molar-refractivity contribution in [1.29, 1.82) is 0 Å². The number of carbonyl (C=O) groups excluding carboxylic acids is 2. The Morgan fingerprint density at radius 1 is 1.00 bits per heavy atom. The van der Waals surface area contributed by atoms with Gasteiger partial charge in [-0.1, -0.05) is 26.0 Å². The summed E-state index contributed by atoms with van der Waals surface area (Å²) in [6.45, 7) is 7.35. The first kappa shape index (κ1) is 20.4. The molecule has 4 rings (SSSR count). The van der Waals surface area contributed by atoms with Gasteiger partial charge in [0, 0.05) is 32.7 Å². The van der Waals surface area contributed by atoms with Crippen molar-refractivity contribution in [1.82, 2.24) is 19.6 Å². The average molecular weight is 411 g/mol. The molecule has 2 aliphatic heterocycles. The Bertz CT molecular complexity index is 896. The normalized spacial score (nSPS) is 16.5. The molecule has 2 amide bonds. The zero-order chi connectivity index (χ0) is 21.1. The van der Waals surface area contributed by atoms with Crippen LogP contribution in [0.25, 0.3) is 0 Å². The lowest BCUT2D eigenvalue weighted by Gasteiger charge is -2.34. The van der Waals surface area contributed by atoms with Gasteiger partial charge in [-0.15, -0.1) is 0 Å². The number of amides is 2. The van der Waals surface area contributed by atoms with Crippen LogP contribution in [-0.4, -0.2) is 64.2 Å². The van der Waals surface area contributed by atoms with Crippen molar-refractivity contribution in [3.63, 3.8) is 0 Å². The molecule has 160 valence electrons. The molecule has 2 aromatic rings. The van der Waals surface area contributed by atoms with Crippen LogP contribution in [0.5, 0.6) is 5.75 Å². The lowest BCUT2D eigenvalue weighted by atomic mass is 10.0. The van der Waals surface area contributed by atoms with Gasteiger partial charge < -0.3 is 14.5 Å². The van der Waals surface area contributed by atoms with E-state index in [9.17, 15) is 9.59 Å². The predicted octanol–water partition coefficient (Wildman–Crippen LogP) is 2.71. The Morgan fingerprint density at radius 3 is 2.40 bits per heavy atom. The largest absolute Gasteiger partial charge is 0.484 e. The summed E-state index contributed by atoms with van der Waals surface area (Å²) in [5.41, 5.74) is 3.03. The second-order valence-corrected chi connectivity index (χ2v) is 8.37. The van der Waals surface area contributed by atoms with Gasteiger partial charge in [0.2, 0.25) is 0 Å². The van der Waals surface area contributed by atoms with Crippen LogP contribution in [0.4, 0.5) is 0 Å². The fourth-order valence-electron chi connectivity index (χ4n) is 4.11.